The molecule has 0 unspecified atom stereocenters. The largest absolute Gasteiger partial charge is 0.145 e. The summed E-state index contributed by atoms with van der Waals surface area (Å²) in [6.07, 6.45) is 0. The van der Waals surface area contributed by atoms with Gasteiger partial charge in [0.25, 0.3) is 0 Å². The fraction of sp³-hybridized carbons (Fsp3) is 0.231. The van der Waals surface area contributed by atoms with Crippen LogP contribution in [0.4, 0.5) is 0 Å². The maximum Gasteiger partial charge on any atom is 0.145 e. The van der Waals surface area contributed by atoms with Crippen molar-refractivity contribution in [2.24, 2.45) is 0 Å². The van der Waals surface area contributed by atoms with Crippen molar-refractivity contribution in [1.82, 2.24) is 0 Å². The Labute approximate surface area is 173 Å². The number of hydrogen-bond donors (Lipinski definition) is 0. The monoisotopic (exact) mass is 400 g/mol. The highest BCUT2D eigenvalue weighted by Gasteiger charge is 2.45. The Kier molecular flexibility index (Phi) is 5.92. The van der Waals surface area contributed by atoms with Gasteiger partial charge in [-0.25, -0.2) is 0 Å². The first kappa shape index (κ1) is 20.6. The van der Waals surface area contributed by atoms with E-state index in [2.05, 4.69) is 136 Å². The normalized spacial score (nSPS) is 13.0. The predicted molar refractivity (Wildman–Crippen MR) is 130 cm³/mol. The summed E-state index contributed by atoms with van der Waals surface area (Å²) in [6.45, 7) is 12.2. The van der Waals surface area contributed by atoms with Crippen molar-refractivity contribution in [3.05, 3.63) is 102 Å². The Morgan fingerprint density at radius 3 is 1.25 bits per heavy atom. The molecule has 0 saturated heterocycles. The van der Waals surface area contributed by atoms with Gasteiger partial charge in [0, 0.05) is 0 Å². The molecule has 0 bridgehead atoms. The highest BCUT2D eigenvalue weighted by molar-refractivity contribution is 7.09. The highest BCUT2D eigenvalue weighted by Crippen LogP contribution is 2.37. The average molecular weight is 401 g/mol. The third-order valence-electron chi connectivity index (χ3n) is 5.91. The van der Waals surface area contributed by atoms with E-state index >= 15 is 0 Å². The van der Waals surface area contributed by atoms with E-state index in [0.29, 0.717) is 0 Å². The number of rotatable bonds is 5. The Balaban J connectivity index is 2.22. The molecule has 3 aromatic rings. The standard InChI is InChI=1S/C26H32Si2/c1-26(2,3)28(24-17-11-7-12-18-24,25-19-13-8-14-20-25)22-21-27(4,5)23-15-9-6-10-16-23/h6-22H,1-5H3/b22-21-. The second-order valence-electron chi connectivity index (χ2n) is 9.21. The molecule has 144 valence electrons. The van der Waals surface area contributed by atoms with Gasteiger partial charge >= 0.3 is 0 Å². The zero-order valence-corrected chi connectivity index (χ0v) is 19.8. The second-order valence-corrected chi connectivity index (χ2v) is 18.2. The van der Waals surface area contributed by atoms with Crippen LogP contribution < -0.4 is 15.6 Å². The van der Waals surface area contributed by atoms with Gasteiger partial charge in [0.15, 0.2) is 0 Å². The van der Waals surface area contributed by atoms with Crippen molar-refractivity contribution in [2.45, 2.75) is 38.9 Å². The van der Waals surface area contributed by atoms with Crippen LogP contribution in [0.2, 0.25) is 18.1 Å². The molecular weight excluding hydrogens is 368 g/mol. The summed E-state index contributed by atoms with van der Waals surface area (Å²) < 4.78 is 0. The molecule has 0 aromatic heterocycles. The van der Waals surface area contributed by atoms with Crippen LogP contribution in [0.25, 0.3) is 0 Å². The fourth-order valence-corrected chi connectivity index (χ4v) is 12.5. The molecule has 0 spiro atoms. The molecule has 0 aliphatic rings. The minimum Gasteiger partial charge on any atom is -0.0974 e. The first-order valence-electron chi connectivity index (χ1n) is 10.1. The first-order valence-corrected chi connectivity index (χ1v) is 15.3. The van der Waals surface area contributed by atoms with E-state index in [4.69, 9.17) is 0 Å². The van der Waals surface area contributed by atoms with Crippen molar-refractivity contribution in [3.8, 4) is 0 Å². The predicted octanol–water partition coefficient (Wildman–Crippen LogP) is 5.30. The Morgan fingerprint density at radius 1 is 0.536 bits per heavy atom. The van der Waals surface area contributed by atoms with Crippen LogP contribution in [0.5, 0.6) is 0 Å². The van der Waals surface area contributed by atoms with Crippen LogP contribution >= 0.6 is 0 Å². The summed E-state index contributed by atoms with van der Waals surface area (Å²) in [4.78, 5) is 0. The van der Waals surface area contributed by atoms with Gasteiger partial charge in [-0.2, -0.15) is 0 Å². The second kappa shape index (κ2) is 8.06. The van der Waals surface area contributed by atoms with Gasteiger partial charge in [0.2, 0.25) is 0 Å². The fourth-order valence-electron chi connectivity index (χ4n) is 4.17. The number of benzene rings is 3. The van der Waals surface area contributed by atoms with E-state index in [1.165, 1.54) is 15.6 Å². The lowest BCUT2D eigenvalue weighted by Gasteiger charge is -2.42. The molecule has 0 nitrogen and oxygen atoms in total. The van der Waals surface area contributed by atoms with Gasteiger partial charge in [-0.1, -0.05) is 141 Å². The van der Waals surface area contributed by atoms with Crippen molar-refractivity contribution in [3.63, 3.8) is 0 Å². The van der Waals surface area contributed by atoms with Crippen LogP contribution in [0.15, 0.2) is 102 Å². The Hall–Kier alpha value is -2.17. The Bertz CT molecular complexity index is 865. The van der Waals surface area contributed by atoms with E-state index in [1.807, 2.05) is 0 Å². The van der Waals surface area contributed by atoms with Crippen LogP contribution in [-0.2, 0) is 0 Å². The van der Waals surface area contributed by atoms with Gasteiger partial charge < -0.3 is 0 Å². The summed E-state index contributed by atoms with van der Waals surface area (Å²) >= 11 is 0. The van der Waals surface area contributed by atoms with Crippen LogP contribution in [0.1, 0.15) is 20.8 Å². The molecule has 0 aliphatic heterocycles. The summed E-state index contributed by atoms with van der Waals surface area (Å²) in [5, 5.41) is 4.63. The van der Waals surface area contributed by atoms with Crippen LogP contribution in [0, 0.1) is 0 Å². The van der Waals surface area contributed by atoms with Gasteiger partial charge in [0.1, 0.15) is 16.1 Å². The van der Waals surface area contributed by atoms with E-state index < -0.39 is 16.1 Å². The van der Waals surface area contributed by atoms with Crippen molar-refractivity contribution in [1.29, 1.82) is 0 Å². The summed E-state index contributed by atoms with van der Waals surface area (Å²) in [7, 11) is -3.82. The molecular formula is C26H32Si2. The topological polar surface area (TPSA) is 0 Å². The smallest absolute Gasteiger partial charge is 0.0974 e. The molecule has 0 fully saturated rings. The third-order valence-corrected chi connectivity index (χ3v) is 14.6. The van der Waals surface area contributed by atoms with Gasteiger partial charge in [-0.15, -0.1) is 0 Å². The van der Waals surface area contributed by atoms with Crippen LogP contribution in [0.3, 0.4) is 0 Å². The lowest BCUT2D eigenvalue weighted by molar-refractivity contribution is 0.739. The molecule has 0 heterocycles. The van der Waals surface area contributed by atoms with Gasteiger partial charge in [-0.05, 0) is 15.4 Å². The van der Waals surface area contributed by atoms with E-state index in [1.54, 1.807) is 0 Å². The summed E-state index contributed by atoms with van der Waals surface area (Å²) in [6, 6.07) is 33.4. The summed E-state index contributed by atoms with van der Waals surface area (Å²) in [5.41, 5.74) is 5.25. The highest BCUT2D eigenvalue weighted by atomic mass is 28.3. The Morgan fingerprint density at radius 2 is 0.893 bits per heavy atom. The maximum absolute atomic E-state index is 2.65. The minimum absolute atomic E-state index is 0.160. The van der Waals surface area contributed by atoms with E-state index in [-0.39, 0.29) is 5.04 Å². The zero-order valence-electron chi connectivity index (χ0n) is 17.8. The molecule has 28 heavy (non-hydrogen) atoms. The summed E-state index contributed by atoms with van der Waals surface area (Å²) in [5.74, 6) is 0. The van der Waals surface area contributed by atoms with Crippen molar-refractivity contribution in [2.75, 3.05) is 0 Å². The SMILES string of the molecule is CC(C)(C)[Si](/C=C\[Si](C)(C)c1ccccc1)(c1ccccc1)c1ccccc1. The van der Waals surface area contributed by atoms with Gasteiger partial charge in [-0.3, -0.25) is 0 Å². The molecule has 3 rings (SSSR count). The molecule has 0 amide bonds. The third kappa shape index (κ3) is 3.99. The van der Waals surface area contributed by atoms with Gasteiger partial charge in [0.05, 0.1) is 0 Å². The molecule has 3 aromatic carbocycles. The molecule has 0 radical (unpaired) electrons. The minimum atomic E-state index is -2.14. The van der Waals surface area contributed by atoms with E-state index in [9.17, 15) is 0 Å². The molecule has 0 aliphatic carbocycles. The molecule has 0 saturated carbocycles. The first-order chi connectivity index (χ1) is 13.3. The maximum atomic E-state index is 2.65. The van der Waals surface area contributed by atoms with Crippen molar-refractivity contribution >= 4 is 31.7 Å². The quantitative estimate of drug-likeness (QED) is 0.510. The van der Waals surface area contributed by atoms with Crippen LogP contribution in [-0.4, -0.2) is 16.1 Å². The van der Waals surface area contributed by atoms with Crippen molar-refractivity contribution < 1.29 is 0 Å². The lowest BCUT2D eigenvalue weighted by atomic mass is 10.2. The molecule has 0 atom stereocenters. The molecule has 0 N–H and O–H groups in total. The lowest BCUT2D eigenvalue weighted by Crippen LogP contribution is -2.63. The average Bonchev–Trinajstić information content (AvgIpc) is 2.70. The molecule has 2 heteroatoms. The zero-order chi connectivity index (χ0) is 20.3. The number of hydrogen-bond acceptors (Lipinski definition) is 0. The van der Waals surface area contributed by atoms with E-state index in [0.717, 1.165) is 0 Å².